The van der Waals surface area contributed by atoms with Crippen molar-refractivity contribution in [2.75, 3.05) is 44.3 Å². The summed E-state index contributed by atoms with van der Waals surface area (Å²) in [7, 11) is 0. The van der Waals surface area contributed by atoms with Crippen LogP contribution in [0.3, 0.4) is 0 Å². The summed E-state index contributed by atoms with van der Waals surface area (Å²) >= 11 is 13.0. The Morgan fingerprint density at radius 3 is 2.64 bits per heavy atom. The number of halogens is 2. The van der Waals surface area contributed by atoms with Gasteiger partial charge in [-0.1, -0.05) is 55.2 Å². The lowest BCUT2D eigenvalue weighted by molar-refractivity contribution is -0.124. The van der Waals surface area contributed by atoms with E-state index in [4.69, 9.17) is 32.9 Å². The van der Waals surface area contributed by atoms with E-state index in [1.807, 2.05) is 24.3 Å². The normalized spacial score (nSPS) is 23.1. The van der Waals surface area contributed by atoms with E-state index in [9.17, 15) is 9.59 Å². The molecule has 2 heterocycles. The number of benzene rings is 2. The van der Waals surface area contributed by atoms with Crippen molar-refractivity contribution in [3.05, 3.63) is 57.6 Å². The van der Waals surface area contributed by atoms with Gasteiger partial charge in [0.05, 0.1) is 36.5 Å². The molecule has 0 bridgehead atoms. The summed E-state index contributed by atoms with van der Waals surface area (Å²) in [4.78, 5) is 36.6. The van der Waals surface area contributed by atoms with E-state index in [0.29, 0.717) is 40.7 Å². The van der Waals surface area contributed by atoms with Crippen molar-refractivity contribution in [1.82, 2.24) is 10.2 Å². The Bertz CT molecular complexity index is 1290. The Labute approximate surface area is 240 Å². The number of anilines is 1. The number of carbonyl (C=O) groups is 2. The number of hydrogen-bond donors (Lipinski definition) is 1. The monoisotopic (exact) mass is 570 g/mol. The van der Waals surface area contributed by atoms with Crippen LogP contribution in [-0.4, -0.2) is 61.7 Å². The molecule has 7 nitrogen and oxygen atoms in total. The number of nitrogens with one attached hydrogen (secondary N) is 1. The second kappa shape index (κ2) is 11.7. The highest BCUT2D eigenvalue weighted by molar-refractivity contribution is 6.35. The quantitative estimate of drug-likeness (QED) is 0.457. The molecular weight excluding hydrogens is 535 g/mol. The minimum atomic E-state index is -0.620. The maximum atomic E-state index is 13.8. The molecule has 2 aliphatic heterocycles. The summed E-state index contributed by atoms with van der Waals surface area (Å²) in [5, 5.41) is 4.49. The van der Waals surface area contributed by atoms with Gasteiger partial charge in [0, 0.05) is 61.8 Å². The zero-order valence-corrected chi connectivity index (χ0v) is 24.3. The number of rotatable bonds is 6. The molecule has 2 aromatic rings. The van der Waals surface area contributed by atoms with E-state index in [0.717, 1.165) is 56.4 Å². The molecular formula is C30H36Cl2N4O3. The standard InChI is InChI=1S/C30H36Cl2N4O3/c1-19(37)36-28-20(18-33-9-10-35-11-13-39-14-12-35)5-4-6-24(28)34-25-16-30(2,3)17-26(38)27(25)29(36)22-8-7-21(31)15-23(22)32/h4-8,15,27,29,33H,9-14,16-18H2,1-3H3. The topological polar surface area (TPSA) is 74.2 Å². The smallest absolute Gasteiger partial charge is 0.224 e. The average Bonchev–Trinajstić information content (AvgIpc) is 3.01. The molecule has 1 saturated carbocycles. The SMILES string of the molecule is CC(=O)N1c2c(CNCCN3CCOCC3)cccc2N=C2CC(C)(C)CC(=O)C2C1c1ccc(Cl)cc1Cl. The number of morpholine rings is 1. The Kier molecular flexibility index (Phi) is 8.45. The van der Waals surface area contributed by atoms with Crippen LogP contribution in [0.2, 0.25) is 10.0 Å². The van der Waals surface area contributed by atoms with Crippen molar-refractivity contribution in [3.63, 3.8) is 0 Å². The van der Waals surface area contributed by atoms with Crippen LogP contribution >= 0.6 is 23.2 Å². The van der Waals surface area contributed by atoms with Crippen molar-refractivity contribution in [2.24, 2.45) is 16.3 Å². The predicted octanol–water partition coefficient (Wildman–Crippen LogP) is 5.60. The number of ether oxygens (including phenoxy) is 1. The number of fused-ring (bicyclic) bond motifs is 2. The van der Waals surface area contributed by atoms with Gasteiger partial charge in [0.15, 0.2) is 0 Å². The average molecular weight is 572 g/mol. The predicted molar refractivity (Wildman–Crippen MR) is 156 cm³/mol. The molecule has 5 rings (SSSR count). The molecule has 2 unspecified atom stereocenters. The van der Waals surface area contributed by atoms with Crippen LogP contribution in [0.5, 0.6) is 0 Å². The zero-order valence-electron chi connectivity index (χ0n) is 22.8. The number of aliphatic imine (C=N–C) groups is 1. The van der Waals surface area contributed by atoms with Gasteiger partial charge >= 0.3 is 0 Å². The number of Topliss-reactive ketones (excluding diaryl/α,β-unsaturated/α-hetero) is 1. The maximum absolute atomic E-state index is 13.8. The van der Waals surface area contributed by atoms with Gasteiger partial charge in [0.25, 0.3) is 0 Å². The molecule has 1 aliphatic carbocycles. The van der Waals surface area contributed by atoms with Gasteiger partial charge in [-0.3, -0.25) is 19.5 Å². The first kappa shape index (κ1) is 28.2. The van der Waals surface area contributed by atoms with Gasteiger partial charge < -0.3 is 15.0 Å². The lowest BCUT2D eigenvalue weighted by Crippen LogP contribution is -2.47. The first-order valence-electron chi connectivity index (χ1n) is 13.6. The third-order valence-electron chi connectivity index (χ3n) is 7.86. The fourth-order valence-electron chi connectivity index (χ4n) is 6.13. The van der Waals surface area contributed by atoms with Crippen LogP contribution in [0.25, 0.3) is 0 Å². The summed E-state index contributed by atoms with van der Waals surface area (Å²) in [6.07, 6.45) is 1.08. The van der Waals surface area contributed by atoms with Gasteiger partial charge in [-0.25, -0.2) is 0 Å². The summed E-state index contributed by atoms with van der Waals surface area (Å²) in [6.45, 7) is 11.4. The summed E-state index contributed by atoms with van der Waals surface area (Å²) in [5.41, 5.74) is 3.67. The molecule has 2 aromatic carbocycles. The van der Waals surface area contributed by atoms with Crippen LogP contribution in [-0.2, 0) is 20.9 Å². The largest absolute Gasteiger partial charge is 0.379 e. The number of amides is 1. The first-order valence-corrected chi connectivity index (χ1v) is 14.4. The summed E-state index contributed by atoms with van der Waals surface area (Å²) < 4.78 is 5.45. The van der Waals surface area contributed by atoms with E-state index in [1.165, 1.54) is 0 Å². The zero-order chi connectivity index (χ0) is 27.7. The van der Waals surface area contributed by atoms with Crippen molar-refractivity contribution in [1.29, 1.82) is 0 Å². The molecule has 9 heteroatoms. The lowest BCUT2D eigenvalue weighted by atomic mass is 9.68. The minimum Gasteiger partial charge on any atom is -0.379 e. The molecule has 208 valence electrons. The second-order valence-corrected chi connectivity index (χ2v) is 12.3. The van der Waals surface area contributed by atoms with Crippen LogP contribution in [0.15, 0.2) is 41.4 Å². The molecule has 0 spiro atoms. The van der Waals surface area contributed by atoms with E-state index in [2.05, 4.69) is 24.1 Å². The molecule has 2 atom stereocenters. The van der Waals surface area contributed by atoms with Crippen molar-refractivity contribution >= 4 is 52.0 Å². The third-order valence-corrected chi connectivity index (χ3v) is 8.42. The third kappa shape index (κ3) is 6.08. The highest BCUT2D eigenvalue weighted by Crippen LogP contribution is 2.50. The van der Waals surface area contributed by atoms with Gasteiger partial charge in [-0.05, 0) is 41.2 Å². The van der Waals surface area contributed by atoms with Crippen molar-refractivity contribution in [2.45, 2.75) is 46.2 Å². The van der Waals surface area contributed by atoms with E-state index >= 15 is 0 Å². The van der Waals surface area contributed by atoms with Gasteiger partial charge in [0.1, 0.15) is 5.78 Å². The van der Waals surface area contributed by atoms with Crippen molar-refractivity contribution in [3.8, 4) is 0 Å². The number of nitrogens with zero attached hydrogens (tertiary/aromatic N) is 3. The fourth-order valence-corrected chi connectivity index (χ4v) is 6.65. The maximum Gasteiger partial charge on any atom is 0.224 e. The molecule has 0 radical (unpaired) electrons. The molecule has 3 aliphatic rings. The minimum absolute atomic E-state index is 0.0743. The van der Waals surface area contributed by atoms with Crippen LogP contribution in [0.1, 0.15) is 50.8 Å². The van der Waals surface area contributed by atoms with Gasteiger partial charge in [-0.15, -0.1) is 0 Å². The molecule has 1 amide bonds. The molecule has 2 fully saturated rings. The number of para-hydroxylation sites is 1. The highest BCUT2D eigenvalue weighted by Gasteiger charge is 2.48. The fraction of sp³-hybridized carbons (Fsp3) is 0.500. The highest BCUT2D eigenvalue weighted by atomic mass is 35.5. The van der Waals surface area contributed by atoms with Crippen LogP contribution < -0.4 is 10.2 Å². The second-order valence-electron chi connectivity index (χ2n) is 11.5. The van der Waals surface area contributed by atoms with Gasteiger partial charge in [-0.2, -0.15) is 0 Å². The Balaban J connectivity index is 1.57. The number of hydrogen-bond acceptors (Lipinski definition) is 6. The van der Waals surface area contributed by atoms with E-state index < -0.39 is 12.0 Å². The Morgan fingerprint density at radius 2 is 1.92 bits per heavy atom. The van der Waals surface area contributed by atoms with E-state index in [1.54, 1.807) is 24.0 Å². The molecule has 1 saturated heterocycles. The summed E-state index contributed by atoms with van der Waals surface area (Å²) in [6, 6.07) is 10.6. The summed E-state index contributed by atoms with van der Waals surface area (Å²) in [5.74, 6) is -0.678. The number of ketones is 1. The number of carbonyl (C=O) groups excluding carboxylic acids is 2. The van der Waals surface area contributed by atoms with Crippen LogP contribution in [0, 0.1) is 11.3 Å². The Morgan fingerprint density at radius 1 is 1.15 bits per heavy atom. The van der Waals surface area contributed by atoms with Crippen molar-refractivity contribution < 1.29 is 14.3 Å². The van der Waals surface area contributed by atoms with Gasteiger partial charge in [0.2, 0.25) is 5.91 Å². The molecule has 1 N–H and O–H groups in total. The van der Waals surface area contributed by atoms with E-state index in [-0.39, 0.29) is 17.1 Å². The van der Waals surface area contributed by atoms with Crippen LogP contribution in [0.4, 0.5) is 11.4 Å². The molecule has 0 aromatic heterocycles. The lowest BCUT2D eigenvalue weighted by Gasteiger charge is -2.41. The molecule has 39 heavy (non-hydrogen) atoms. The first-order chi connectivity index (χ1) is 18.6. The Hall–Kier alpha value is -2.29.